The normalized spacial score (nSPS) is 13.0. The van der Waals surface area contributed by atoms with Crippen molar-refractivity contribution in [3.8, 4) is 11.4 Å². The Morgan fingerprint density at radius 1 is 1.03 bits per heavy atom. The topological polar surface area (TPSA) is 150 Å². The first-order chi connectivity index (χ1) is 17.9. The molecule has 1 N–H and O–H groups in total. The van der Waals surface area contributed by atoms with E-state index in [1.54, 1.807) is 36.4 Å². The SMILES string of the molecule is CN1C(=O)c2ccc(NC(=O)COC(=O)/C(=C/c3ccco3)n3nnnc3-c3ccccc3)cc2C1=O. The molecular formula is C25H18N6O6. The number of amides is 3. The summed E-state index contributed by atoms with van der Waals surface area (Å²) in [5, 5.41) is 14.2. The van der Waals surface area contributed by atoms with Crippen LogP contribution in [0.15, 0.2) is 71.3 Å². The molecule has 1 aliphatic heterocycles. The molecule has 4 aromatic rings. The number of carbonyl (C=O) groups excluding carboxylic acids is 4. The molecule has 0 spiro atoms. The Labute approximate surface area is 209 Å². The van der Waals surface area contributed by atoms with E-state index in [0.29, 0.717) is 11.3 Å². The number of anilines is 1. The van der Waals surface area contributed by atoms with Crippen molar-refractivity contribution in [2.45, 2.75) is 0 Å². The molecule has 3 heterocycles. The van der Waals surface area contributed by atoms with Crippen LogP contribution in [0, 0.1) is 0 Å². The second-order valence-electron chi connectivity index (χ2n) is 7.88. The Morgan fingerprint density at radius 3 is 2.57 bits per heavy atom. The number of nitrogens with one attached hydrogen (secondary N) is 1. The lowest BCUT2D eigenvalue weighted by molar-refractivity contribution is -0.141. The highest BCUT2D eigenvalue weighted by Gasteiger charge is 2.32. The molecule has 184 valence electrons. The van der Waals surface area contributed by atoms with E-state index in [0.717, 1.165) is 4.90 Å². The van der Waals surface area contributed by atoms with E-state index in [-0.39, 0.29) is 28.3 Å². The van der Waals surface area contributed by atoms with Crippen molar-refractivity contribution >= 4 is 41.2 Å². The molecule has 12 nitrogen and oxygen atoms in total. The molecule has 0 saturated carbocycles. The van der Waals surface area contributed by atoms with E-state index in [1.807, 2.05) is 6.07 Å². The van der Waals surface area contributed by atoms with Crippen LogP contribution >= 0.6 is 0 Å². The number of hydrogen-bond acceptors (Lipinski definition) is 9. The van der Waals surface area contributed by atoms with Crippen molar-refractivity contribution in [3.05, 3.63) is 83.8 Å². The molecule has 37 heavy (non-hydrogen) atoms. The lowest BCUT2D eigenvalue weighted by Crippen LogP contribution is -2.24. The van der Waals surface area contributed by atoms with Crippen LogP contribution < -0.4 is 5.32 Å². The standard InChI is InChI=1S/C25H18N6O6/c1-30-23(33)18-10-9-16(12-19(18)24(30)34)26-21(32)14-37-25(35)20(13-17-8-5-11-36-17)31-22(27-28-29-31)15-6-3-2-4-7-15/h2-13H,14H2,1H3,(H,26,32)/b20-13-. The predicted octanol–water partition coefficient (Wildman–Crippen LogP) is 2.34. The van der Waals surface area contributed by atoms with Gasteiger partial charge in [-0.3, -0.25) is 19.3 Å². The number of furan rings is 1. The summed E-state index contributed by atoms with van der Waals surface area (Å²) in [6.07, 6.45) is 2.83. The van der Waals surface area contributed by atoms with Crippen LogP contribution in [0.1, 0.15) is 26.5 Å². The van der Waals surface area contributed by atoms with E-state index < -0.39 is 30.3 Å². The number of benzene rings is 2. The minimum absolute atomic E-state index is 0.0868. The maximum absolute atomic E-state index is 13.1. The molecule has 5 rings (SSSR count). The molecule has 0 aliphatic carbocycles. The molecule has 0 fully saturated rings. The fourth-order valence-corrected chi connectivity index (χ4v) is 3.67. The van der Waals surface area contributed by atoms with Crippen LogP contribution in [0.4, 0.5) is 5.69 Å². The summed E-state index contributed by atoms with van der Waals surface area (Å²) >= 11 is 0. The largest absolute Gasteiger partial charge is 0.465 e. The van der Waals surface area contributed by atoms with E-state index >= 15 is 0 Å². The van der Waals surface area contributed by atoms with Crippen molar-refractivity contribution in [2.75, 3.05) is 19.0 Å². The van der Waals surface area contributed by atoms with Crippen molar-refractivity contribution < 1.29 is 28.3 Å². The van der Waals surface area contributed by atoms with Crippen LogP contribution in [0.2, 0.25) is 0 Å². The second kappa shape index (κ2) is 9.70. The third kappa shape index (κ3) is 4.62. The predicted molar refractivity (Wildman–Crippen MR) is 129 cm³/mol. The highest BCUT2D eigenvalue weighted by atomic mass is 16.5. The summed E-state index contributed by atoms with van der Waals surface area (Å²) in [4.78, 5) is 50.8. The third-order valence-electron chi connectivity index (χ3n) is 5.47. The summed E-state index contributed by atoms with van der Waals surface area (Å²) in [7, 11) is 1.38. The molecule has 0 saturated heterocycles. The van der Waals surface area contributed by atoms with Gasteiger partial charge in [0.1, 0.15) is 5.76 Å². The zero-order valence-corrected chi connectivity index (χ0v) is 19.3. The fourth-order valence-electron chi connectivity index (χ4n) is 3.67. The smallest absolute Gasteiger partial charge is 0.357 e. The quantitative estimate of drug-likeness (QED) is 0.230. The highest BCUT2D eigenvalue weighted by Crippen LogP contribution is 2.25. The van der Waals surface area contributed by atoms with Crippen molar-refractivity contribution in [2.24, 2.45) is 0 Å². The Hall–Kier alpha value is -5.39. The van der Waals surface area contributed by atoms with Gasteiger partial charge in [0.2, 0.25) is 0 Å². The first kappa shape index (κ1) is 23.4. The maximum Gasteiger partial charge on any atom is 0.357 e. The van der Waals surface area contributed by atoms with Gasteiger partial charge in [-0.25, -0.2) is 4.79 Å². The number of nitrogens with zero attached hydrogens (tertiary/aromatic N) is 5. The summed E-state index contributed by atoms with van der Waals surface area (Å²) in [6.45, 7) is -0.638. The number of fused-ring (bicyclic) bond motifs is 1. The van der Waals surface area contributed by atoms with Crippen molar-refractivity contribution in [3.63, 3.8) is 0 Å². The monoisotopic (exact) mass is 498 g/mol. The number of hydrogen-bond donors (Lipinski definition) is 1. The molecule has 0 atom stereocenters. The number of carbonyl (C=O) groups is 4. The van der Waals surface area contributed by atoms with Gasteiger partial charge in [-0.1, -0.05) is 30.3 Å². The summed E-state index contributed by atoms with van der Waals surface area (Å²) < 4.78 is 11.8. The zero-order valence-electron chi connectivity index (χ0n) is 19.3. The maximum atomic E-state index is 13.1. The molecule has 0 unspecified atom stereocenters. The number of imide groups is 1. The second-order valence-corrected chi connectivity index (χ2v) is 7.88. The first-order valence-electron chi connectivity index (χ1n) is 10.9. The average molecular weight is 498 g/mol. The number of aromatic nitrogens is 4. The van der Waals surface area contributed by atoms with E-state index in [9.17, 15) is 19.2 Å². The zero-order chi connectivity index (χ0) is 25.9. The fraction of sp³-hybridized carbons (Fsp3) is 0.0800. The van der Waals surface area contributed by atoms with Gasteiger partial charge in [-0.2, -0.15) is 4.68 Å². The lowest BCUT2D eigenvalue weighted by Gasteiger charge is -2.10. The molecule has 0 radical (unpaired) electrons. The first-order valence-corrected chi connectivity index (χ1v) is 10.9. The van der Waals surface area contributed by atoms with Gasteiger partial charge in [0.25, 0.3) is 17.7 Å². The minimum Gasteiger partial charge on any atom is -0.465 e. The van der Waals surface area contributed by atoms with Gasteiger partial charge in [0, 0.05) is 24.4 Å². The van der Waals surface area contributed by atoms with Gasteiger partial charge in [0.05, 0.1) is 17.4 Å². The van der Waals surface area contributed by atoms with Crippen LogP contribution in [-0.2, 0) is 14.3 Å². The molecule has 1 aliphatic rings. The number of tetrazole rings is 1. The molecule has 0 bridgehead atoms. The average Bonchev–Trinajstić information content (AvgIpc) is 3.65. The van der Waals surface area contributed by atoms with E-state index in [1.165, 1.54) is 42.3 Å². The molecule has 2 aromatic heterocycles. The van der Waals surface area contributed by atoms with E-state index in [2.05, 4.69) is 20.8 Å². The van der Waals surface area contributed by atoms with Crippen LogP contribution in [0.5, 0.6) is 0 Å². The highest BCUT2D eigenvalue weighted by molar-refractivity contribution is 6.21. The lowest BCUT2D eigenvalue weighted by atomic mass is 10.1. The van der Waals surface area contributed by atoms with Crippen molar-refractivity contribution in [1.29, 1.82) is 0 Å². The Morgan fingerprint density at radius 2 is 1.81 bits per heavy atom. The van der Waals surface area contributed by atoms with E-state index in [4.69, 9.17) is 9.15 Å². The van der Waals surface area contributed by atoms with Gasteiger partial charge < -0.3 is 14.5 Å². The molecule has 12 heteroatoms. The third-order valence-corrected chi connectivity index (χ3v) is 5.47. The Bertz CT molecular complexity index is 1540. The molecule has 2 aromatic carbocycles. The van der Waals surface area contributed by atoms with Gasteiger partial charge >= 0.3 is 5.97 Å². The van der Waals surface area contributed by atoms with Crippen molar-refractivity contribution in [1.82, 2.24) is 25.1 Å². The molecular weight excluding hydrogens is 480 g/mol. The number of rotatable bonds is 7. The van der Waals surface area contributed by atoms with Crippen LogP contribution in [-0.4, -0.2) is 62.5 Å². The molecule has 3 amide bonds. The number of ether oxygens (including phenoxy) is 1. The Kier molecular flexibility index (Phi) is 6.12. The summed E-state index contributed by atoms with van der Waals surface area (Å²) in [6, 6.07) is 16.6. The number of esters is 1. The van der Waals surface area contributed by atoms with Crippen LogP contribution in [0.25, 0.3) is 23.2 Å². The van der Waals surface area contributed by atoms with Gasteiger partial charge in [-0.05, 0) is 40.8 Å². The van der Waals surface area contributed by atoms with Gasteiger partial charge in [0.15, 0.2) is 18.1 Å². The Balaban J connectivity index is 1.33. The summed E-state index contributed by atoms with van der Waals surface area (Å²) in [5.41, 5.74) is 1.27. The van der Waals surface area contributed by atoms with Crippen LogP contribution in [0.3, 0.4) is 0 Å². The minimum atomic E-state index is -0.882. The van der Waals surface area contributed by atoms with Gasteiger partial charge in [-0.15, -0.1) is 5.10 Å². The summed E-state index contributed by atoms with van der Waals surface area (Å²) in [5.74, 6) is -1.80.